The molecule has 8 nitrogen and oxygen atoms in total. The maximum Gasteiger partial charge on any atom is 0.300 e. The zero-order valence-corrected chi connectivity index (χ0v) is 20.2. The molecular weight excluding hydrogens is 462 g/mol. The number of methoxy groups -OCH3 is 1. The van der Waals surface area contributed by atoms with Gasteiger partial charge in [-0.2, -0.15) is 0 Å². The monoisotopic (exact) mass is 489 g/mol. The van der Waals surface area contributed by atoms with Crippen LogP contribution in [0.15, 0.2) is 72.3 Å². The molecule has 1 heterocycles. The van der Waals surface area contributed by atoms with Gasteiger partial charge in [-0.05, 0) is 67.9 Å². The number of amides is 1. The molecule has 8 heteroatoms. The van der Waals surface area contributed by atoms with E-state index in [4.69, 9.17) is 14.2 Å². The Morgan fingerprint density at radius 2 is 1.53 bits per heavy atom. The number of ketones is 1. The van der Waals surface area contributed by atoms with Gasteiger partial charge in [0.1, 0.15) is 17.3 Å². The van der Waals surface area contributed by atoms with Crippen molar-refractivity contribution in [1.29, 1.82) is 0 Å². The number of aliphatic hydroxyl groups is 1. The number of phenolic OH excluding ortho intramolecular Hbond substituents is 1. The highest BCUT2D eigenvalue weighted by Crippen LogP contribution is 2.44. The first kappa shape index (κ1) is 24.7. The molecular formula is C28H27NO7. The average molecular weight is 490 g/mol. The lowest BCUT2D eigenvalue weighted by Crippen LogP contribution is -2.29. The summed E-state index contributed by atoms with van der Waals surface area (Å²) >= 11 is 0. The van der Waals surface area contributed by atoms with Gasteiger partial charge in [0.15, 0.2) is 11.5 Å². The van der Waals surface area contributed by atoms with Gasteiger partial charge in [0, 0.05) is 17.3 Å². The van der Waals surface area contributed by atoms with Crippen molar-refractivity contribution in [3.8, 4) is 23.0 Å². The third-order valence-corrected chi connectivity index (χ3v) is 5.82. The van der Waals surface area contributed by atoms with Gasteiger partial charge in [-0.15, -0.1) is 0 Å². The Labute approximate surface area is 209 Å². The van der Waals surface area contributed by atoms with Crippen molar-refractivity contribution in [1.82, 2.24) is 0 Å². The Bertz CT molecular complexity index is 1300. The van der Waals surface area contributed by atoms with Crippen molar-refractivity contribution >= 4 is 23.1 Å². The number of hydrogen-bond donors (Lipinski definition) is 2. The minimum atomic E-state index is -0.944. The van der Waals surface area contributed by atoms with Crippen molar-refractivity contribution in [3.05, 3.63) is 83.4 Å². The van der Waals surface area contributed by atoms with E-state index in [1.807, 2.05) is 13.8 Å². The summed E-state index contributed by atoms with van der Waals surface area (Å²) in [5.74, 6) is -0.376. The first-order valence-corrected chi connectivity index (χ1v) is 11.5. The molecule has 3 aromatic carbocycles. The SMILES string of the molecule is CCOc1ccc(N2C(=O)C(=O)/C(=C(/O)c3ccc(OC)cc3)C2c2ccc(O)cc2)cc1OCC. The fraction of sp³-hybridized carbons (Fsp3) is 0.214. The summed E-state index contributed by atoms with van der Waals surface area (Å²) in [5.41, 5.74) is 1.23. The topological polar surface area (TPSA) is 106 Å². The lowest BCUT2D eigenvalue weighted by Gasteiger charge is -2.26. The molecule has 0 radical (unpaired) electrons. The number of ether oxygens (including phenoxy) is 3. The summed E-state index contributed by atoms with van der Waals surface area (Å²) in [6.45, 7) is 4.49. The van der Waals surface area contributed by atoms with Crippen molar-refractivity contribution in [2.45, 2.75) is 19.9 Å². The summed E-state index contributed by atoms with van der Waals surface area (Å²) < 4.78 is 16.5. The largest absolute Gasteiger partial charge is 0.508 e. The predicted octanol–water partition coefficient (Wildman–Crippen LogP) is 4.82. The number of hydrogen-bond acceptors (Lipinski definition) is 7. The second-order valence-electron chi connectivity index (χ2n) is 7.99. The van der Waals surface area contributed by atoms with E-state index in [2.05, 4.69) is 0 Å². The molecule has 0 aliphatic carbocycles. The quantitative estimate of drug-likeness (QED) is 0.265. The molecule has 36 heavy (non-hydrogen) atoms. The van der Waals surface area contributed by atoms with Crippen LogP contribution in [-0.4, -0.2) is 42.2 Å². The van der Waals surface area contributed by atoms with E-state index < -0.39 is 17.7 Å². The van der Waals surface area contributed by atoms with Crippen molar-refractivity contribution in [2.24, 2.45) is 0 Å². The first-order chi connectivity index (χ1) is 17.4. The number of aromatic hydroxyl groups is 1. The zero-order valence-electron chi connectivity index (χ0n) is 20.2. The molecule has 186 valence electrons. The van der Waals surface area contributed by atoms with Crippen molar-refractivity contribution < 1.29 is 34.0 Å². The summed E-state index contributed by atoms with van der Waals surface area (Å²) in [6.07, 6.45) is 0. The molecule has 0 spiro atoms. The summed E-state index contributed by atoms with van der Waals surface area (Å²) in [7, 11) is 1.53. The smallest absolute Gasteiger partial charge is 0.300 e. The van der Waals surface area contributed by atoms with Gasteiger partial charge in [0.05, 0.1) is 31.9 Å². The van der Waals surface area contributed by atoms with E-state index in [1.54, 1.807) is 54.6 Å². The number of aliphatic hydroxyl groups excluding tert-OH is 1. The van der Waals surface area contributed by atoms with Gasteiger partial charge in [-0.25, -0.2) is 0 Å². The molecule has 1 aliphatic rings. The van der Waals surface area contributed by atoms with E-state index in [0.717, 1.165) is 0 Å². The number of benzene rings is 3. The van der Waals surface area contributed by atoms with Crippen LogP contribution in [0.25, 0.3) is 5.76 Å². The van der Waals surface area contributed by atoms with Crippen LogP contribution in [0.1, 0.15) is 31.0 Å². The maximum atomic E-state index is 13.4. The Balaban J connectivity index is 1.90. The van der Waals surface area contributed by atoms with Crippen LogP contribution in [0.5, 0.6) is 23.0 Å². The number of nitrogens with zero attached hydrogens (tertiary/aromatic N) is 1. The lowest BCUT2D eigenvalue weighted by molar-refractivity contribution is -0.132. The summed E-state index contributed by atoms with van der Waals surface area (Å²) in [5, 5.41) is 21.0. The molecule has 3 aromatic rings. The number of carbonyl (C=O) groups excluding carboxylic acids is 2. The van der Waals surface area contributed by atoms with Crippen molar-refractivity contribution in [3.63, 3.8) is 0 Å². The number of carbonyl (C=O) groups is 2. The molecule has 1 unspecified atom stereocenters. The normalized spacial score (nSPS) is 16.8. The molecule has 1 fully saturated rings. The van der Waals surface area contributed by atoms with Gasteiger partial charge in [0.25, 0.3) is 11.7 Å². The number of phenols is 1. The van der Waals surface area contributed by atoms with E-state index in [1.165, 1.54) is 24.1 Å². The van der Waals surface area contributed by atoms with Crippen molar-refractivity contribution in [2.75, 3.05) is 25.2 Å². The van der Waals surface area contributed by atoms with Gasteiger partial charge < -0.3 is 24.4 Å². The molecule has 1 amide bonds. The number of rotatable bonds is 8. The minimum absolute atomic E-state index is 0.0329. The second-order valence-corrected chi connectivity index (χ2v) is 7.99. The fourth-order valence-electron chi connectivity index (χ4n) is 4.16. The van der Waals surface area contributed by atoms with Gasteiger partial charge in [-0.1, -0.05) is 12.1 Å². The third-order valence-electron chi connectivity index (χ3n) is 5.82. The first-order valence-electron chi connectivity index (χ1n) is 11.5. The van der Waals surface area contributed by atoms with Crippen LogP contribution in [0.2, 0.25) is 0 Å². The van der Waals surface area contributed by atoms with Gasteiger partial charge >= 0.3 is 0 Å². The van der Waals surface area contributed by atoms with E-state index in [9.17, 15) is 19.8 Å². The molecule has 4 rings (SSSR count). The standard InChI is InChI=1S/C28H27NO7/c1-4-35-22-15-10-19(16-23(22)36-5-2)29-25(17-6-11-20(30)12-7-17)24(27(32)28(29)33)26(31)18-8-13-21(34-3)14-9-18/h6-16,25,30-31H,4-5H2,1-3H3/b26-24+. The van der Waals surface area contributed by atoms with Crippen LogP contribution >= 0.6 is 0 Å². The van der Waals surface area contributed by atoms with Gasteiger partial charge in [-0.3, -0.25) is 14.5 Å². The van der Waals surface area contributed by atoms with Crippen LogP contribution < -0.4 is 19.1 Å². The molecule has 1 saturated heterocycles. The minimum Gasteiger partial charge on any atom is -0.508 e. The van der Waals surface area contributed by atoms with Gasteiger partial charge in [0.2, 0.25) is 0 Å². The highest BCUT2D eigenvalue weighted by Gasteiger charge is 2.47. The molecule has 1 aliphatic heterocycles. The Hall–Kier alpha value is -4.46. The van der Waals surface area contributed by atoms with Crippen LogP contribution in [0.4, 0.5) is 5.69 Å². The molecule has 1 atom stereocenters. The summed E-state index contributed by atoms with van der Waals surface area (Å²) in [4.78, 5) is 28.0. The van der Waals surface area contributed by atoms with Crippen LogP contribution in [0.3, 0.4) is 0 Å². The van der Waals surface area contributed by atoms with E-state index >= 15 is 0 Å². The van der Waals surface area contributed by atoms with E-state index in [0.29, 0.717) is 47.3 Å². The van der Waals surface area contributed by atoms with Crippen LogP contribution in [0, 0.1) is 0 Å². The highest BCUT2D eigenvalue weighted by atomic mass is 16.5. The number of Topliss-reactive ketones (excluding diaryl/α,β-unsaturated/α-hetero) is 1. The second kappa shape index (κ2) is 10.4. The fourth-order valence-corrected chi connectivity index (χ4v) is 4.16. The summed E-state index contributed by atoms with van der Waals surface area (Å²) in [6, 6.07) is 16.7. The highest BCUT2D eigenvalue weighted by molar-refractivity contribution is 6.51. The third kappa shape index (κ3) is 4.57. The van der Waals surface area contributed by atoms with Crippen LogP contribution in [-0.2, 0) is 9.59 Å². The Kier molecular flexibility index (Phi) is 7.15. The predicted molar refractivity (Wildman–Crippen MR) is 135 cm³/mol. The zero-order chi connectivity index (χ0) is 25.8. The lowest BCUT2D eigenvalue weighted by atomic mass is 9.95. The molecule has 0 bridgehead atoms. The maximum absolute atomic E-state index is 13.4. The molecule has 2 N–H and O–H groups in total. The number of anilines is 1. The molecule has 0 aromatic heterocycles. The Morgan fingerprint density at radius 1 is 0.889 bits per heavy atom. The Morgan fingerprint density at radius 3 is 2.14 bits per heavy atom. The molecule has 0 saturated carbocycles. The van der Waals surface area contributed by atoms with E-state index in [-0.39, 0.29) is 17.1 Å². The average Bonchev–Trinajstić information content (AvgIpc) is 3.15.